The lowest BCUT2D eigenvalue weighted by Gasteiger charge is -2.40. The lowest BCUT2D eigenvalue weighted by molar-refractivity contribution is 0.0914. The van der Waals surface area contributed by atoms with E-state index >= 15 is 0 Å². The molecule has 2 aliphatic heterocycles. The molecule has 3 rings (SSSR count). The van der Waals surface area contributed by atoms with Crippen LogP contribution in [0.15, 0.2) is 0 Å². The number of piperidine rings is 2. The molecule has 1 atom stereocenters. The quantitative estimate of drug-likeness (QED) is 0.812. The summed E-state index contributed by atoms with van der Waals surface area (Å²) in [6.07, 6.45) is 10.4. The van der Waals surface area contributed by atoms with Crippen LogP contribution in [0.3, 0.4) is 0 Å². The molecule has 21 heavy (non-hydrogen) atoms. The fraction of sp³-hybridized carbons (Fsp3) is 0.941. The summed E-state index contributed by atoms with van der Waals surface area (Å²) in [5.74, 6) is 0. The average Bonchev–Trinajstić information content (AvgIpc) is 3.37. The van der Waals surface area contributed by atoms with Crippen LogP contribution in [-0.2, 0) is 0 Å². The largest absolute Gasteiger partial charge is 0.303 e. The fourth-order valence-corrected chi connectivity index (χ4v) is 3.82. The maximum Gasteiger partial charge on any atom is 0.0967 e. The predicted molar refractivity (Wildman–Crippen MR) is 85.1 cm³/mol. The van der Waals surface area contributed by atoms with Gasteiger partial charge >= 0.3 is 0 Å². The zero-order valence-electron chi connectivity index (χ0n) is 13.3. The molecular formula is C17H30N4. The summed E-state index contributed by atoms with van der Waals surface area (Å²) in [4.78, 5) is 5.30. The van der Waals surface area contributed by atoms with Gasteiger partial charge in [-0.25, -0.2) is 0 Å². The lowest BCUT2D eigenvalue weighted by Crippen LogP contribution is -2.47. The van der Waals surface area contributed by atoms with E-state index in [1.165, 1.54) is 71.1 Å². The Morgan fingerprint density at radius 2 is 1.71 bits per heavy atom. The molecule has 118 valence electrons. The molecule has 0 amide bonds. The molecule has 1 unspecified atom stereocenters. The number of nitriles is 1. The first-order valence-corrected chi connectivity index (χ1v) is 8.97. The second-order valence-electron chi connectivity index (χ2n) is 7.08. The van der Waals surface area contributed by atoms with Gasteiger partial charge in [0.15, 0.2) is 0 Å². The molecular weight excluding hydrogens is 260 g/mol. The predicted octanol–water partition coefficient (Wildman–Crippen LogP) is 1.97. The Bertz CT molecular complexity index is 346. The van der Waals surface area contributed by atoms with Crippen LogP contribution in [-0.4, -0.2) is 60.6 Å². The Balaban J connectivity index is 1.34. The van der Waals surface area contributed by atoms with Gasteiger partial charge in [-0.3, -0.25) is 5.32 Å². The second-order valence-corrected chi connectivity index (χ2v) is 7.08. The number of likely N-dealkylation sites (tertiary alicyclic amines) is 2. The van der Waals surface area contributed by atoms with Crippen LogP contribution in [0.1, 0.15) is 51.4 Å². The van der Waals surface area contributed by atoms with E-state index in [0.29, 0.717) is 6.04 Å². The van der Waals surface area contributed by atoms with Crippen LogP contribution in [0.25, 0.3) is 0 Å². The maximum atomic E-state index is 9.21. The summed E-state index contributed by atoms with van der Waals surface area (Å²) < 4.78 is 0. The van der Waals surface area contributed by atoms with Gasteiger partial charge in [0.2, 0.25) is 0 Å². The van der Waals surface area contributed by atoms with E-state index < -0.39 is 0 Å². The highest BCUT2D eigenvalue weighted by atomic mass is 15.2. The first kappa shape index (κ1) is 15.3. The molecule has 1 aliphatic carbocycles. The van der Waals surface area contributed by atoms with Crippen molar-refractivity contribution in [1.29, 1.82) is 5.26 Å². The molecule has 4 nitrogen and oxygen atoms in total. The van der Waals surface area contributed by atoms with Gasteiger partial charge in [-0.05, 0) is 71.1 Å². The molecule has 0 radical (unpaired) electrons. The highest BCUT2D eigenvalue weighted by Gasteiger charge is 2.27. The third-order valence-electron chi connectivity index (χ3n) is 5.37. The normalized spacial score (nSPS) is 27.4. The van der Waals surface area contributed by atoms with Gasteiger partial charge in [-0.2, -0.15) is 5.26 Å². The minimum atomic E-state index is 0.0670. The van der Waals surface area contributed by atoms with Gasteiger partial charge in [-0.1, -0.05) is 6.42 Å². The minimum Gasteiger partial charge on any atom is -0.303 e. The Morgan fingerprint density at radius 1 is 1.00 bits per heavy atom. The summed E-state index contributed by atoms with van der Waals surface area (Å²) in [7, 11) is 0. The summed E-state index contributed by atoms with van der Waals surface area (Å²) in [5, 5.41) is 12.7. The molecule has 0 aromatic carbocycles. The van der Waals surface area contributed by atoms with Crippen LogP contribution in [0, 0.1) is 11.3 Å². The van der Waals surface area contributed by atoms with Crippen LogP contribution >= 0.6 is 0 Å². The fourth-order valence-electron chi connectivity index (χ4n) is 3.82. The molecule has 1 N–H and O–H groups in total. The van der Waals surface area contributed by atoms with Crippen molar-refractivity contribution < 1.29 is 0 Å². The third kappa shape index (κ3) is 4.67. The SMILES string of the molecule is N#CC(CCN1CCC(N2CCCCC2)CC1)NC1CC1. The van der Waals surface area contributed by atoms with Crippen LogP contribution < -0.4 is 5.32 Å². The Morgan fingerprint density at radius 3 is 2.33 bits per heavy atom. The van der Waals surface area contributed by atoms with Crippen molar-refractivity contribution in [1.82, 2.24) is 15.1 Å². The monoisotopic (exact) mass is 290 g/mol. The van der Waals surface area contributed by atoms with Crippen LogP contribution in [0.4, 0.5) is 0 Å². The minimum absolute atomic E-state index is 0.0670. The maximum absolute atomic E-state index is 9.21. The lowest BCUT2D eigenvalue weighted by atomic mass is 9.99. The van der Waals surface area contributed by atoms with E-state index in [1.807, 2.05) is 0 Å². The number of hydrogen-bond acceptors (Lipinski definition) is 4. The molecule has 3 aliphatic rings. The first-order chi connectivity index (χ1) is 10.3. The van der Waals surface area contributed by atoms with Gasteiger partial charge in [-0.15, -0.1) is 0 Å². The molecule has 4 heteroatoms. The van der Waals surface area contributed by atoms with Crippen molar-refractivity contribution in [2.45, 2.75) is 69.5 Å². The number of nitrogens with one attached hydrogen (secondary N) is 1. The Labute approximate surface area is 129 Å². The van der Waals surface area contributed by atoms with Gasteiger partial charge in [0.05, 0.1) is 12.1 Å². The second kappa shape index (κ2) is 7.58. The number of rotatable bonds is 6. The van der Waals surface area contributed by atoms with Crippen LogP contribution in [0.2, 0.25) is 0 Å². The van der Waals surface area contributed by atoms with Gasteiger partial charge in [0, 0.05) is 18.6 Å². The van der Waals surface area contributed by atoms with Crippen LogP contribution in [0.5, 0.6) is 0 Å². The summed E-state index contributed by atoms with van der Waals surface area (Å²) in [6.45, 7) is 6.19. The van der Waals surface area contributed by atoms with E-state index in [9.17, 15) is 5.26 Å². The highest BCUT2D eigenvalue weighted by molar-refractivity contribution is 4.96. The third-order valence-corrected chi connectivity index (χ3v) is 5.37. The zero-order chi connectivity index (χ0) is 14.5. The van der Waals surface area contributed by atoms with Crippen molar-refractivity contribution in [2.75, 3.05) is 32.7 Å². The van der Waals surface area contributed by atoms with E-state index in [2.05, 4.69) is 21.2 Å². The van der Waals surface area contributed by atoms with E-state index in [1.54, 1.807) is 0 Å². The molecule has 0 bridgehead atoms. The van der Waals surface area contributed by atoms with E-state index in [-0.39, 0.29) is 6.04 Å². The molecule has 0 spiro atoms. The Hall–Kier alpha value is -0.630. The number of hydrogen-bond donors (Lipinski definition) is 1. The zero-order valence-corrected chi connectivity index (χ0v) is 13.3. The smallest absolute Gasteiger partial charge is 0.0967 e. The molecule has 0 aromatic heterocycles. The molecule has 2 heterocycles. The summed E-state index contributed by atoms with van der Waals surface area (Å²) >= 11 is 0. The molecule has 0 aromatic rings. The van der Waals surface area contributed by atoms with E-state index in [0.717, 1.165) is 19.0 Å². The van der Waals surface area contributed by atoms with Gasteiger partial charge < -0.3 is 9.80 Å². The van der Waals surface area contributed by atoms with Gasteiger partial charge in [0.1, 0.15) is 0 Å². The van der Waals surface area contributed by atoms with Crippen molar-refractivity contribution in [2.24, 2.45) is 0 Å². The Kier molecular flexibility index (Phi) is 5.51. The molecule has 1 saturated carbocycles. The molecule has 2 saturated heterocycles. The molecule has 3 fully saturated rings. The van der Waals surface area contributed by atoms with Crippen molar-refractivity contribution in [3.8, 4) is 6.07 Å². The first-order valence-electron chi connectivity index (χ1n) is 8.97. The van der Waals surface area contributed by atoms with Crippen molar-refractivity contribution in [3.63, 3.8) is 0 Å². The number of nitrogens with zero attached hydrogens (tertiary/aromatic N) is 3. The van der Waals surface area contributed by atoms with Crippen molar-refractivity contribution >= 4 is 0 Å². The van der Waals surface area contributed by atoms with Crippen molar-refractivity contribution in [3.05, 3.63) is 0 Å². The van der Waals surface area contributed by atoms with Gasteiger partial charge in [0.25, 0.3) is 0 Å². The summed E-state index contributed by atoms with van der Waals surface area (Å²) in [6, 6.07) is 3.96. The topological polar surface area (TPSA) is 42.3 Å². The average molecular weight is 290 g/mol. The highest BCUT2D eigenvalue weighted by Crippen LogP contribution is 2.22. The standard InChI is InChI=1S/C17H30N4/c18-14-16(19-15-4-5-15)6-11-20-12-7-17(8-13-20)21-9-2-1-3-10-21/h15-17,19H,1-13H2. The van der Waals surface area contributed by atoms with E-state index in [4.69, 9.17) is 0 Å². The summed E-state index contributed by atoms with van der Waals surface area (Å²) in [5.41, 5.74) is 0.